The number of hydrogen-bond acceptors (Lipinski definition) is 3. The Balaban J connectivity index is 1.58. The highest BCUT2D eigenvalue weighted by Crippen LogP contribution is 2.36. The maximum atomic E-state index is 12.7. The van der Waals surface area contributed by atoms with Crippen molar-refractivity contribution in [3.8, 4) is 5.75 Å². The smallest absolute Gasteiger partial charge is 0.223 e. The van der Waals surface area contributed by atoms with Crippen LogP contribution < -0.4 is 10.5 Å². The van der Waals surface area contributed by atoms with Gasteiger partial charge < -0.3 is 15.4 Å². The third-order valence-electron chi connectivity index (χ3n) is 5.67. The molecule has 2 amide bonds. The predicted molar refractivity (Wildman–Crippen MR) is 96.4 cm³/mol. The topological polar surface area (TPSA) is 72.6 Å². The van der Waals surface area contributed by atoms with Crippen LogP contribution in [0.25, 0.3) is 0 Å². The van der Waals surface area contributed by atoms with Gasteiger partial charge in [0, 0.05) is 25.9 Å². The molecule has 1 atom stereocenters. The number of carbonyl (C=O) groups excluding carboxylic acids is 2. The molecule has 5 heteroatoms. The van der Waals surface area contributed by atoms with Gasteiger partial charge >= 0.3 is 0 Å². The highest BCUT2D eigenvalue weighted by molar-refractivity contribution is 5.77. The zero-order valence-corrected chi connectivity index (χ0v) is 15.0. The number of fused-ring (bicyclic) bond motifs is 1. The van der Waals surface area contributed by atoms with Crippen molar-refractivity contribution in [2.24, 2.45) is 11.7 Å². The number of ether oxygens (including phenoxy) is 1. The van der Waals surface area contributed by atoms with Gasteiger partial charge in [0.1, 0.15) is 5.75 Å². The van der Waals surface area contributed by atoms with E-state index in [1.807, 2.05) is 11.0 Å². The van der Waals surface area contributed by atoms with Crippen LogP contribution in [0.2, 0.25) is 0 Å². The van der Waals surface area contributed by atoms with Gasteiger partial charge in [-0.1, -0.05) is 6.07 Å². The van der Waals surface area contributed by atoms with Gasteiger partial charge in [0.25, 0.3) is 0 Å². The molecular weight excluding hydrogens is 316 g/mol. The second kappa shape index (κ2) is 7.89. The minimum absolute atomic E-state index is 0.237. The van der Waals surface area contributed by atoms with Crippen LogP contribution in [-0.4, -0.2) is 36.9 Å². The molecule has 0 spiro atoms. The molecular formula is C20H28N2O3. The van der Waals surface area contributed by atoms with Crippen molar-refractivity contribution in [2.45, 2.75) is 50.9 Å². The normalized spacial score (nSPS) is 20.8. The summed E-state index contributed by atoms with van der Waals surface area (Å²) in [5, 5.41) is 0. The van der Waals surface area contributed by atoms with Gasteiger partial charge in [0.05, 0.1) is 7.11 Å². The summed E-state index contributed by atoms with van der Waals surface area (Å²) in [7, 11) is 1.69. The monoisotopic (exact) mass is 344 g/mol. The van der Waals surface area contributed by atoms with Crippen molar-refractivity contribution in [3.63, 3.8) is 0 Å². The van der Waals surface area contributed by atoms with Crippen molar-refractivity contribution in [3.05, 3.63) is 29.3 Å². The second-order valence-corrected chi connectivity index (χ2v) is 7.35. The number of likely N-dealkylation sites (tertiary alicyclic amines) is 1. The first kappa shape index (κ1) is 17.8. The highest BCUT2D eigenvalue weighted by atomic mass is 16.5. The van der Waals surface area contributed by atoms with Crippen molar-refractivity contribution in [2.75, 3.05) is 20.2 Å². The molecule has 1 aromatic rings. The van der Waals surface area contributed by atoms with E-state index in [1.54, 1.807) is 7.11 Å². The van der Waals surface area contributed by atoms with Gasteiger partial charge in [-0.2, -0.15) is 0 Å². The van der Waals surface area contributed by atoms with Crippen LogP contribution >= 0.6 is 0 Å². The van der Waals surface area contributed by atoms with Gasteiger partial charge in [-0.15, -0.1) is 0 Å². The molecule has 1 heterocycles. The van der Waals surface area contributed by atoms with Gasteiger partial charge in [0.2, 0.25) is 11.8 Å². The molecule has 0 radical (unpaired) electrons. The first-order chi connectivity index (χ1) is 12.1. The summed E-state index contributed by atoms with van der Waals surface area (Å²) in [6.45, 7) is 1.50. The summed E-state index contributed by atoms with van der Waals surface area (Å²) >= 11 is 0. The van der Waals surface area contributed by atoms with Gasteiger partial charge in [-0.25, -0.2) is 0 Å². The van der Waals surface area contributed by atoms with E-state index < -0.39 is 0 Å². The lowest BCUT2D eigenvalue weighted by atomic mass is 9.80. The van der Waals surface area contributed by atoms with Crippen LogP contribution in [0.4, 0.5) is 0 Å². The lowest BCUT2D eigenvalue weighted by molar-refractivity contribution is -0.133. The van der Waals surface area contributed by atoms with E-state index >= 15 is 0 Å². The first-order valence-corrected chi connectivity index (χ1v) is 9.29. The quantitative estimate of drug-likeness (QED) is 0.892. The van der Waals surface area contributed by atoms with Crippen LogP contribution in [0.3, 0.4) is 0 Å². The maximum absolute atomic E-state index is 12.7. The molecule has 3 rings (SSSR count). The molecule has 0 bridgehead atoms. The molecule has 1 aromatic carbocycles. The standard InChI is InChI=1S/C20H28N2O3/c1-25-17-5-6-18-15(12-17)3-2-4-16(18)13-20(24)22-9-7-14(8-10-22)11-19(21)23/h5-6,12,14,16H,2-4,7-11,13H2,1H3,(H2,21,23)/t16-/m0/s1. The number of benzene rings is 1. The fourth-order valence-corrected chi connectivity index (χ4v) is 4.24. The van der Waals surface area contributed by atoms with Crippen molar-refractivity contribution in [1.82, 2.24) is 4.90 Å². The van der Waals surface area contributed by atoms with Crippen molar-refractivity contribution >= 4 is 11.8 Å². The van der Waals surface area contributed by atoms with E-state index in [0.717, 1.165) is 50.9 Å². The fourth-order valence-electron chi connectivity index (χ4n) is 4.24. The van der Waals surface area contributed by atoms with Gasteiger partial charge in [-0.3, -0.25) is 9.59 Å². The summed E-state index contributed by atoms with van der Waals surface area (Å²) in [5.74, 6) is 1.54. The van der Waals surface area contributed by atoms with Crippen molar-refractivity contribution < 1.29 is 14.3 Å². The number of nitrogens with zero attached hydrogens (tertiary/aromatic N) is 1. The summed E-state index contributed by atoms with van der Waals surface area (Å²) < 4.78 is 5.32. The lowest BCUT2D eigenvalue weighted by Crippen LogP contribution is -2.40. The number of amides is 2. The minimum Gasteiger partial charge on any atom is -0.497 e. The SMILES string of the molecule is COc1ccc2c(c1)CCC[C@H]2CC(=O)N1CCC(CC(N)=O)CC1. The average molecular weight is 344 g/mol. The molecule has 0 aromatic heterocycles. The average Bonchev–Trinajstić information content (AvgIpc) is 2.61. The molecule has 2 N–H and O–H groups in total. The Morgan fingerprint density at radius 1 is 1.20 bits per heavy atom. The number of carbonyl (C=O) groups is 2. The third kappa shape index (κ3) is 4.33. The Hall–Kier alpha value is -2.04. The Morgan fingerprint density at radius 2 is 1.96 bits per heavy atom. The Labute approximate surface area is 149 Å². The number of rotatable bonds is 5. The molecule has 25 heavy (non-hydrogen) atoms. The number of aryl methyl sites for hydroxylation is 1. The molecule has 1 aliphatic heterocycles. The van der Waals surface area contributed by atoms with Crippen molar-refractivity contribution in [1.29, 1.82) is 0 Å². The lowest BCUT2D eigenvalue weighted by Gasteiger charge is -2.33. The maximum Gasteiger partial charge on any atom is 0.223 e. The van der Waals surface area contributed by atoms with E-state index in [2.05, 4.69) is 12.1 Å². The van der Waals surface area contributed by atoms with E-state index in [0.29, 0.717) is 24.7 Å². The number of methoxy groups -OCH3 is 1. The van der Waals surface area contributed by atoms with Gasteiger partial charge in [-0.05, 0) is 67.2 Å². The van der Waals surface area contributed by atoms with Gasteiger partial charge in [0.15, 0.2) is 0 Å². The fraction of sp³-hybridized carbons (Fsp3) is 0.600. The number of piperidine rings is 1. The van der Waals surface area contributed by atoms with Crippen LogP contribution in [0.1, 0.15) is 55.6 Å². The summed E-state index contributed by atoms with van der Waals surface area (Å²) in [4.78, 5) is 25.7. The number of nitrogens with two attached hydrogens (primary N) is 1. The highest BCUT2D eigenvalue weighted by Gasteiger charge is 2.28. The zero-order chi connectivity index (χ0) is 17.8. The molecule has 0 saturated carbocycles. The Morgan fingerprint density at radius 3 is 2.64 bits per heavy atom. The molecule has 0 unspecified atom stereocenters. The summed E-state index contributed by atoms with van der Waals surface area (Å²) in [6, 6.07) is 6.24. The molecule has 5 nitrogen and oxygen atoms in total. The van der Waals surface area contributed by atoms with Crippen LogP contribution in [0.15, 0.2) is 18.2 Å². The van der Waals surface area contributed by atoms with E-state index in [9.17, 15) is 9.59 Å². The first-order valence-electron chi connectivity index (χ1n) is 9.29. The molecule has 2 aliphatic rings. The predicted octanol–water partition coefficient (Wildman–Crippen LogP) is 2.62. The minimum atomic E-state index is -0.237. The largest absolute Gasteiger partial charge is 0.497 e. The zero-order valence-electron chi connectivity index (χ0n) is 15.0. The number of primary amides is 1. The van der Waals surface area contributed by atoms with Crippen LogP contribution in [-0.2, 0) is 16.0 Å². The Bertz CT molecular complexity index is 636. The summed E-state index contributed by atoms with van der Waals surface area (Å²) in [6.07, 6.45) is 6.05. The Kier molecular flexibility index (Phi) is 5.61. The second-order valence-electron chi connectivity index (χ2n) is 7.35. The number of hydrogen-bond donors (Lipinski definition) is 1. The molecule has 1 aliphatic carbocycles. The molecule has 1 fully saturated rings. The molecule has 1 saturated heterocycles. The van der Waals surface area contributed by atoms with E-state index in [4.69, 9.17) is 10.5 Å². The van der Waals surface area contributed by atoms with Crippen LogP contribution in [0, 0.1) is 5.92 Å². The van der Waals surface area contributed by atoms with E-state index in [1.165, 1.54) is 11.1 Å². The summed E-state index contributed by atoms with van der Waals surface area (Å²) in [5.41, 5.74) is 7.91. The third-order valence-corrected chi connectivity index (χ3v) is 5.67. The van der Waals surface area contributed by atoms with Crippen LogP contribution in [0.5, 0.6) is 5.75 Å². The van der Waals surface area contributed by atoms with E-state index in [-0.39, 0.29) is 11.8 Å². The molecule has 136 valence electrons.